The van der Waals surface area contributed by atoms with E-state index >= 15 is 0 Å². The summed E-state index contributed by atoms with van der Waals surface area (Å²) in [6.07, 6.45) is 1.62. The van der Waals surface area contributed by atoms with Crippen LogP contribution >= 0.6 is 15.9 Å². The molecule has 2 rings (SSSR count). The Morgan fingerprint density at radius 2 is 2.12 bits per heavy atom. The van der Waals surface area contributed by atoms with Crippen molar-refractivity contribution in [2.75, 3.05) is 5.32 Å². The average Bonchev–Trinajstić information content (AvgIpc) is 2.29. The molecule has 2 heterocycles. The molecule has 1 amide bonds. The molecule has 0 aliphatic rings. The van der Waals surface area contributed by atoms with Gasteiger partial charge in [-0.3, -0.25) is 4.79 Å². The number of nitrogens with one attached hydrogen (secondary N) is 1. The number of hydrogen-bond donors (Lipinski definition) is 1. The van der Waals surface area contributed by atoms with Crippen molar-refractivity contribution in [1.29, 1.82) is 0 Å². The summed E-state index contributed by atoms with van der Waals surface area (Å²) in [6, 6.07) is 8.87. The molecule has 0 unspecified atom stereocenters. The summed E-state index contributed by atoms with van der Waals surface area (Å²) in [4.78, 5) is 20.1. The highest BCUT2D eigenvalue weighted by Gasteiger charge is 2.10. The predicted molar refractivity (Wildman–Crippen MR) is 68.9 cm³/mol. The lowest BCUT2D eigenvalue weighted by Crippen LogP contribution is -2.14. The molecule has 4 nitrogen and oxygen atoms in total. The summed E-state index contributed by atoms with van der Waals surface area (Å²) in [6.45, 7) is 1.87. The van der Waals surface area contributed by atoms with Gasteiger partial charge in [0.25, 0.3) is 5.91 Å². The maximum absolute atomic E-state index is 11.9. The Morgan fingerprint density at radius 1 is 1.29 bits per heavy atom. The molecule has 1 N–H and O–H groups in total. The first kappa shape index (κ1) is 11.7. The average molecular weight is 292 g/mol. The minimum Gasteiger partial charge on any atom is -0.306 e. The van der Waals surface area contributed by atoms with Gasteiger partial charge in [-0.1, -0.05) is 6.07 Å². The fourth-order valence-corrected chi connectivity index (χ4v) is 1.78. The normalized spacial score (nSPS) is 10.0. The van der Waals surface area contributed by atoms with E-state index in [9.17, 15) is 4.79 Å². The molecule has 0 saturated heterocycles. The van der Waals surface area contributed by atoms with Gasteiger partial charge in [0, 0.05) is 11.9 Å². The Bertz CT molecular complexity index is 557. The topological polar surface area (TPSA) is 54.9 Å². The SMILES string of the molecule is Cc1cccc(NC(=O)c2cccnc2Br)n1. The Labute approximate surface area is 107 Å². The highest BCUT2D eigenvalue weighted by molar-refractivity contribution is 9.10. The van der Waals surface area contributed by atoms with Crippen molar-refractivity contribution in [2.24, 2.45) is 0 Å². The van der Waals surface area contributed by atoms with Crippen LogP contribution in [-0.2, 0) is 0 Å². The predicted octanol–water partition coefficient (Wildman–Crippen LogP) is 2.80. The van der Waals surface area contributed by atoms with Crippen LogP contribution in [0.5, 0.6) is 0 Å². The van der Waals surface area contributed by atoms with Crippen molar-refractivity contribution < 1.29 is 4.79 Å². The minimum atomic E-state index is -0.233. The zero-order valence-corrected chi connectivity index (χ0v) is 10.7. The van der Waals surface area contributed by atoms with E-state index in [0.29, 0.717) is 16.0 Å². The van der Waals surface area contributed by atoms with E-state index in [2.05, 4.69) is 31.2 Å². The molecule has 0 aromatic carbocycles. The van der Waals surface area contributed by atoms with E-state index in [4.69, 9.17) is 0 Å². The molecule has 0 aliphatic heterocycles. The van der Waals surface area contributed by atoms with Crippen molar-refractivity contribution in [3.63, 3.8) is 0 Å². The maximum atomic E-state index is 11.9. The molecule has 0 fully saturated rings. The Balaban J connectivity index is 2.20. The van der Waals surface area contributed by atoms with Crippen LogP contribution in [0.4, 0.5) is 5.82 Å². The highest BCUT2D eigenvalue weighted by Crippen LogP contribution is 2.14. The highest BCUT2D eigenvalue weighted by atomic mass is 79.9. The second-order valence-electron chi connectivity index (χ2n) is 3.46. The van der Waals surface area contributed by atoms with E-state index in [1.165, 1.54) is 0 Å². The van der Waals surface area contributed by atoms with Gasteiger partial charge in [-0.15, -0.1) is 0 Å². The largest absolute Gasteiger partial charge is 0.306 e. The first-order valence-electron chi connectivity index (χ1n) is 5.02. The monoisotopic (exact) mass is 291 g/mol. The molecule has 2 aromatic rings. The third kappa shape index (κ3) is 2.88. The van der Waals surface area contributed by atoms with Crippen molar-refractivity contribution in [2.45, 2.75) is 6.92 Å². The zero-order chi connectivity index (χ0) is 12.3. The number of aryl methyl sites for hydroxylation is 1. The van der Waals surface area contributed by atoms with E-state index < -0.39 is 0 Å². The summed E-state index contributed by atoms with van der Waals surface area (Å²) >= 11 is 3.23. The quantitative estimate of drug-likeness (QED) is 0.866. The van der Waals surface area contributed by atoms with E-state index in [1.54, 1.807) is 24.4 Å². The van der Waals surface area contributed by atoms with Gasteiger partial charge in [-0.2, -0.15) is 0 Å². The second-order valence-corrected chi connectivity index (χ2v) is 4.21. The standard InChI is InChI=1S/C12H10BrN3O/c1-8-4-2-6-10(15-8)16-12(17)9-5-3-7-14-11(9)13/h2-7H,1H3,(H,15,16,17). The minimum absolute atomic E-state index is 0.233. The zero-order valence-electron chi connectivity index (χ0n) is 9.14. The molecule has 5 heteroatoms. The van der Waals surface area contributed by atoms with Gasteiger partial charge in [0.2, 0.25) is 0 Å². The lowest BCUT2D eigenvalue weighted by molar-refractivity contribution is 0.102. The van der Waals surface area contributed by atoms with Crippen LogP contribution in [0, 0.1) is 6.92 Å². The van der Waals surface area contributed by atoms with Crippen molar-refractivity contribution in [3.8, 4) is 0 Å². The summed E-state index contributed by atoms with van der Waals surface area (Å²) in [5, 5.41) is 2.72. The summed E-state index contributed by atoms with van der Waals surface area (Å²) in [5.74, 6) is 0.300. The van der Waals surface area contributed by atoms with Crippen molar-refractivity contribution >= 4 is 27.7 Å². The molecule has 86 valence electrons. The maximum Gasteiger partial charge on any atom is 0.259 e. The number of hydrogen-bond acceptors (Lipinski definition) is 3. The molecule has 0 atom stereocenters. The van der Waals surface area contributed by atoms with Crippen LogP contribution in [0.25, 0.3) is 0 Å². The van der Waals surface area contributed by atoms with Gasteiger partial charge >= 0.3 is 0 Å². The Morgan fingerprint density at radius 3 is 2.82 bits per heavy atom. The van der Waals surface area contributed by atoms with Crippen LogP contribution in [0.2, 0.25) is 0 Å². The molecule has 17 heavy (non-hydrogen) atoms. The van der Waals surface area contributed by atoms with E-state index in [0.717, 1.165) is 5.69 Å². The number of pyridine rings is 2. The fraction of sp³-hybridized carbons (Fsp3) is 0.0833. The molecule has 0 bridgehead atoms. The van der Waals surface area contributed by atoms with Gasteiger partial charge in [0.1, 0.15) is 10.4 Å². The van der Waals surface area contributed by atoms with Gasteiger partial charge in [-0.05, 0) is 47.1 Å². The molecule has 2 aromatic heterocycles. The number of carbonyl (C=O) groups is 1. The number of carbonyl (C=O) groups excluding carboxylic acids is 1. The first-order valence-corrected chi connectivity index (χ1v) is 5.81. The summed E-state index contributed by atoms with van der Waals surface area (Å²) in [7, 11) is 0. The van der Waals surface area contributed by atoms with Crippen LogP contribution in [0.1, 0.15) is 16.1 Å². The number of aromatic nitrogens is 2. The molecule has 0 saturated carbocycles. The molecule has 0 spiro atoms. The number of anilines is 1. The van der Waals surface area contributed by atoms with Crippen molar-refractivity contribution in [3.05, 3.63) is 52.4 Å². The van der Waals surface area contributed by atoms with Crippen LogP contribution < -0.4 is 5.32 Å². The van der Waals surface area contributed by atoms with Crippen LogP contribution in [0.15, 0.2) is 41.1 Å². The Hall–Kier alpha value is -1.75. The van der Waals surface area contributed by atoms with Crippen LogP contribution in [-0.4, -0.2) is 15.9 Å². The van der Waals surface area contributed by atoms with Crippen molar-refractivity contribution in [1.82, 2.24) is 9.97 Å². The number of amides is 1. The smallest absolute Gasteiger partial charge is 0.259 e. The van der Waals surface area contributed by atoms with Gasteiger partial charge in [0.15, 0.2) is 0 Å². The van der Waals surface area contributed by atoms with E-state index in [-0.39, 0.29) is 5.91 Å². The Kier molecular flexibility index (Phi) is 3.49. The lowest BCUT2D eigenvalue weighted by atomic mass is 10.2. The summed E-state index contributed by atoms with van der Waals surface area (Å²) in [5.41, 5.74) is 1.34. The van der Waals surface area contributed by atoms with Crippen LogP contribution in [0.3, 0.4) is 0 Å². The molecular formula is C12H10BrN3O. The number of nitrogens with zero attached hydrogens (tertiary/aromatic N) is 2. The van der Waals surface area contributed by atoms with Gasteiger partial charge < -0.3 is 5.32 Å². The van der Waals surface area contributed by atoms with E-state index in [1.807, 2.05) is 19.1 Å². The summed E-state index contributed by atoms with van der Waals surface area (Å²) < 4.78 is 0.519. The number of rotatable bonds is 2. The molecular weight excluding hydrogens is 282 g/mol. The fourth-order valence-electron chi connectivity index (χ4n) is 1.35. The van der Waals surface area contributed by atoms with Gasteiger partial charge in [-0.25, -0.2) is 9.97 Å². The van der Waals surface area contributed by atoms with Gasteiger partial charge in [0.05, 0.1) is 5.56 Å². The second kappa shape index (κ2) is 5.05. The molecule has 0 radical (unpaired) electrons. The third-order valence-corrected chi connectivity index (χ3v) is 2.77. The third-order valence-electron chi connectivity index (χ3n) is 2.13. The molecule has 0 aliphatic carbocycles. The lowest BCUT2D eigenvalue weighted by Gasteiger charge is -2.05. The first-order chi connectivity index (χ1) is 8.16. The number of halogens is 1.